The second kappa shape index (κ2) is 11.8. The topological polar surface area (TPSA) is 157 Å². The van der Waals surface area contributed by atoms with Gasteiger partial charge in [-0.05, 0) is 49.2 Å². The van der Waals surface area contributed by atoms with Crippen molar-refractivity contribution in [1.82, 2.24) is 20.1 Å². The molecule has 2 aromatic carbocycles. The molecule has 0 aliphatic carbocycles. The average Bonchev–Trinajstić information content (AvgIpc) is 3.67. The molecule has 41 heavy (non-hydrogen) atoms. The number of thiazole rings is 1. The van der Waals surface area contributed by atoms with Crippen LogP contribution in [0, 0.1) is 12.8 Å². The van der Waals surface area contributed by atoms with Crippen molar-refractivity contribution in [1.29, 1.82) is 0 Å². The Balaban J connectivity index is 1.38. The molecule has 0 radical (unpaired) electrons. The fourth-order valence-corrected chi connectivity index (χ4v) is 5.18. The molecule has 1 saturated heterocycles. The first kappa shape index (κ1) is 27.8. The molecule has 212 valence electrons. The maximum Gasteiger partial charge on any atom is 0.347 e. The summed E-state index contributed by atoms with van der Waals surface area (Å²) in [6, 6.07) is 11.7. The third-order valence-electron chi connectivity index (χ3n) is 6.44. The van der Waals surface area contributed by atoms with Gasteiger partial charge in [-0.15, -0.1) is 10.2 Å². The number of benzene rings is 2. The summed E-state index contributed by atoms with van der Waals surface area (Å²) in [5, 5.41) is 20.1. The van der Waals surface area contributed by atoms with E-state index in [9.17, 15) is 19.5 Å². The van der Waals surface area contributed by atoms with E-state index in [0.717, 1.165) is 16.9 Å². The molecule has 0 spiro atoms. The number of carbonyl (C=O) groups excluding carboxylic acids is 2. The van der Waals surface area contributed by atoms with E-state index in [1.54, 1.807) is 68.3 Å². The molecule has 1 unspecified atom stereocenters. The number of aromatic carboxylic acids is 1. The number of nitrogens with zero attached hydrogens (tertiary/aromatic N) is 4. The van der Waals surface area contributed by atoms with Gasteiger partial charge < -0.3 is 23.9 Å². The average molecular weight is 578 g/mol. The molecule has 2 N–H and O–H groups in total. The summed E-state index contributed by atoms with van der Waals surface area (Å²) in [4.78, 5) is 43.1. The van der Waals surface area contributed by atoms with Crippen molar-refractivity contribution in [2.45, 2.75) is 26.7 Å². The number of ether oxygens (including phenoxy) is 2. The van der Waals surface area contributed by atoms with E-state index < -0.39 is 11.9 Å². The Morgan fingerprint density at radius 2 is 1.90 bits per heavy atom. The first-order chi connectivity index (χ1) is 19.7. The number of amides is 2. The number of nitrogens with one attached hydrogen (secondary N) is 1. The Morgan fingerprint density at radius 3 is 2.51 bits per heavy atom. The van der Waals surface area contributed by atoms with Crippen LogP contribution in [0.15, 0.2) is 46.9 Å². The molecule has 5 rings (SSSR count). The monoisotopic (exact) mass is 577 g/mol. The molecule has 1 aliphatic rings. The van der Waals surface area contributed by atoms with Crippen LogP contribution in [0.5, 0.6) is 17.2 Å². The fraction of sp³-hybridized carbons (Fsp3) is 0.286. The van der Waals surface area contributed by atoms with Crippen LogP contribution in [0.2, 0.25) is 0 Å². The van der Waals surface area contributed by atoms with Crippen molar-refractivity contribution in [2.24, 2.45) is 5.92 Å². The summed E-state index contributed by atoms with van der Waals surface area (Å²) in [7, 11) is 1.75. The molecule has 3 heterocycles. The van der Waals surface area contributed by atoms with Crippen molar-refractivity contribution >= 4 is 34.3 Å². The number of anilines is 1. The SMILES string of the molecule is CCc1nc(NC(=O)c2cc(OCC3CCN(C)C3=O)cc(Oc3ccc(-c4nnc(C)o4)cc3)c2)sc1C(=O)O. The summed E-state index contributed by atoms with van der Waals surface area (Å²) in [6.45, 7) is 4.31. The van der Waals surface area contributed by atoms with Gasteiger partial charge in [0, 0.05) is 37.7 Å². The van der Waals surface area contributed by atoms with E-state index in [4.69, 9.17) is 13.9 Å². The molecule has 12 nitrogen and oxygen atoms in total. The summed E-state index contributed by atoms with van der Waals surface area (Å²) >= 11 is 0.890. The maximum absolute atomic E-state index is 13.2. The standard InChI is InChI=1S/C28H27N5O7S/c1-4-22-23(27(36)37)41-28(29-22)30-24(34)18-11-20(38-14-17-9-10-33(3)26(17)35)13-21(12-18)40-19-7-5-16(6-8-19)25-32-31-15(2)39-25/h5-8,11-13,17H,4,9-10,14H2,1-3H3,(H,36,37)(H,29,30,34). The van der Waals surface area contributed by atoms with E-state index in [1.807, 2.05) is 0 Å². The minimum absolute atomic E-state index is 0.0108. The third-order valence-corrected chi connectivity index (χ3v) is 7.44. The lowest BCUT2D eigenvalue weighted by atomic mass is 10.1. The zero-order chi connectivity index (χ0) is 29.1. The molecular weight excluding hydrogens is 550 g/mol. The number of aryl methyl sites for hydroxylation is 2. The van der Waals surface area contributed by atoms with Crippen LogP contribution in [0.1, 0.15) is 45.0 Å². The lowest BCUT2D eigenvalue weighted by Crippen LogP contribution is -2.25. The van der Waals surface area contributed by atoms with Crippen LogP contribution < -0.4 is 14.8 Å². The van der Waals surface area contributed by atoms with Gasteiger partial charge in [-0.1, -0.05) is 18.3 Å². The van der Waals surface area contributed by atoms with Crippen LogP contribution in [-0.2, 0) is 11.2 Å². The Hall–Kier alpha value is -4.78. The van der Waals surface area contributed by atoms with Gasteiger partial charge in [-0.2, -0.15) is 0 Å². The van der Waals surface area contributed by atoms with Gasteiger partial charge in [0.2, 0.25) is 17.7 Å². The number of carboxylic acids is 1. The Morgan fingerprint density at radius 1 is 1.15 bits per heavy atom. The van der Waals surface area contributed by atoms with Crippen molar-refractivity contribution in [3.63, 3.8) is 0 Å². The number of aromatic nitrogens is 3. The highest BCUT2D eigenvalue weighted by molar-refractivity contribution is 7.17. The molecule has 0 saturated carbocycles. The van der Waals surface area contributed by atoms with Crippen molar-refractivity contribution in [3.05, 3.63) is 64.5 Å². The number of rotatable bonds is 10. The van der Waals surface area contributed by atoms with Crippen LogP contribution in [0.3, 0.4) is 0 Å². The van der Waals surface area contributed by atoms with Gasteiger partial charge in [-0.25, -0.2) is 9.78 Å². The van der Waals surface area contributed by atoms with Crippen LogP contribution in [0.25, 0.3) is 11.5 Å². The zero-order valence-corrected chi connectivity index (χ0v) is 23.4. The van der Waals surface area contributed by atoms with Gasteiger partial charge in [-0.3, -0.25) is 14.9 Å². The van der Waals surface area contributed by atoms with Crippen molar-refractivity contribution < 1.29 is 33.4 Å². The van der Waals surface area contributed by atoms with E-state index in [2.05, 4.69) is 20.5 Å². The van der Waals surface area contributed by atoms with E-state index in [1.165, 1.54) is 0 Å². The first-order valence-electron chi connectivity index (χ1n) is 12.9. The second-order valence-corrected chi connectivity index (χ2v) is 10.4. The highest BCUT2D eigenvalue weighted by atomic mass is 32.1. The van der Waals surface area contributed by atoms with Crippen LogP contribution in [-0.4, -0.2) is 63.2 Å². The smallest absolute Gasteiger partial charge is 0.347 e. The highest BCUT2D eigenvalue weighted by Gasteiger charge is 2.29. The summed E-state index contributed by atoms with van der Waals surface area (Å²) in [5.41, 5.74) is 1.32. The Labute approximate surface area is 238 Å². The lowest BCUT2D eigenvalue weighted by molar-refractivity contribution is -0.130. The van der Waals surface area contributed by atoms with E-state index in [0.29, 0.717) is 54.1 Å². The third kappa shape index (κ3) is 6.35. The minimum atomic E-state index is -1.10. The van der Waals surface area contributed by atoms with Crippen molar-refractivity contribution in [2.75, 3.05) is 25.5 Å². The second-order valence-electron chi connectivity index (χ2n) is 9.41. The van der Waals surface area contributed by atoms with Crippen LogP contribution in [0.4, 0.5) is 5.13 Å². The summed E-state index contributed by atoms with van der Waals surface area (Å²) in [6.07, 6.45) is 1.09. The largest absolute Gasteiger partial charge is 0.493 e. The van der Waals surface area contributed by atoms with Gasteiger partial charge in [0.05, 0.1) is 18.2 Å². The normalized spacial score (nSPS) is 14.8. The van der Waals surface area contributed by atoms with Crippen LogP contribution >= 0.6 is 11.3 Å². The molecule has 1 atom stereocenters. The van der Waals surface area contributed by atoms with Gasteiger partial charge in [0.1, 0.15) is 22.1 Å². The summed E-state index contributed by atoms with van der Waals surface area (Å²) in [5.74, 6) is 0.102. The summed E-state index contributed by atoms with van der Waals surface area (Å²) < 4.78 is 17.5. The molecule has 2 aromatic heterocycles. The lowest BCUT2D eigenvalue weighted by Gasteiger charge is -2.14. The quantitative estimate of drug-likeness (QED) is 0.272. The number of hydrogen-bond donors (Lipinski definition) is 2. The van der Waals surface area contributed by atoms with E-state index >= 15 is 0 Å². The van der Waals surface area contributed by atoms with Gasteiger partial charge in [0.25, 0.3) is 5.91 Å². The fourth-order valence-electron chi connectivity index (χ4n) is 4.29. The van der Waals surface area contributed by atoms with Crippen molar-refractivity contribution in [3.8, 4) is 28.7 Å². The first-order valence-corrected chi connectivity index (χ1v) is 13.7. The minimum Gasteiger partial charge on any atom is -0.493 e. The van der Waals surface area contributed by atoms with Gasteiger partial charge >= 0.3 is 5.97 Å². The molecule has 13 heteroatoms. The molecular formula is C28H27N5O7S. The zero-order valence-electron chi connectivity index (χ0n) is 22.5. The number of carboxylic acid groups (broad SMARTS) is 1. The Kier molecular flexibility index (Phi) is 7.97. The van der Waals surface area contributed by atoms with Gasteiger partial charge in [0.15, 0.2) is 5.13 Å². The number of hydrogen-bond acceptors (Lipinski definition) is 10. The highest BCUT2D eigenvalue weighted by Crippen LogP contribution is 2.31. The molecule has 4 aromatic rings. The molecule has 2 amide bonds. The predicted molar refractivity (Wildman–Crippen MR) is 149 cm³/mol. The van der Waals surface area contributed by atoms with E-state index in [-0.39, 0.29) is 34.0 Å². The number of likely N-dealkylation sites (tertiary alicyclic amines) is 1. The molecule has 1 fully saturated rings. The maximum atomic E-state index is 13.2. The molecule has 0 bridgehead atoms. The Bertz CT molecular complexity index is 1600. The predicted octanol–water partition coefficient (Wildman–Crippen LogP) is 4.66. The molecule has 1 aliphatic heterocycles. The number of carbonyl (C=O) groups is 3.